The normalized spacial score (nSPS) is 14.0. The van der Waals surface area contributed by atoms with Gasteiger partial charge >= 0.3 is 5.97 Å². The van der Waals surface area contributed by atoms with Gasteiger partial charge in [-0.3, -0.25) is 9.59 Å². The molecule has 0 saturated heterocycles. The Morgan fingerprint density at radius 3 is 2.44 bits per heavy atom. The summed E-state index contributed by atoms with van der Waals surface area (Å²) in [5.74, 6) is -1.09. The first-order valence-electron chi connectivity index (χ1n) is 7.79. The van der Waals surface area contributed by atoms with Gasteiger partial charge < -0.3 is 10.0 Å². The quantitative estimate of drug-likeness (QED) is 0.699. The summed E-state index contributed by atoms with van der Waals surface area (Å²) >= 11 is 6.70. The van der Waals surface area contributed by atoms with Gasteiger partial charge in [0.15, 0.2) is 0 Å². The van der Waals surface area contributed by atoms with Gasteiger partial charge in [0.05, 0.1) is 20.9 Å². The molecule has 7 heteroatoms. The molecule has 1 N–H and O–H groups in total. The lowest BCUT2D eigenvalue weighted by Gasteiger charge is -2.28. The predicted octanol–water partition coefficient (Wildman–Crippen LogP) is 3.34. The Labute approximate surface area is 158 Å². The van der Waals surface area contributed by atoms with Gasteiger partial charge in [-0.25, -0.2) is 0 Å². The molecule has 0 spiro atoms. The van der Waals surface area contributed by atoms with Crippen LogP contribution in [0.1, 0.15) is 31.7 Å². The number of aliphatic carboxylic acids is 1. The molecule has 1 rings (SSSR count). The fourth-order valence-electron chi connectivity index (χ4n) is 2.23. The van der Waals surface area contributed by atoms with Crippen molar-refractivity contribution in [2.45, 2.75) is 31.4 Å². The third-order valence-corrected chi connectivity index (χ3v) is 5.40. The molecule has 0 saturated carbocycles. The molecule has 0 aliphatic heterocycles. The number of carbonyl (C=O) groups excluding carboxylic acids is 1. The van der Waals surface area contributed by atoms with Crippen LogP contribution in [0.4, 0.5) is 0 Å². The second kappa shape index (κ2) is 9.54. The van der Waals surface area contributed by atoms with Crippen LogP contribution in [0.3, 0.4) is 0 Å². The van der Waals surface area contributed by atoms with Crippen molar-refractivity contribution in [3.8, 4) is 6.07 Å². The number of rotatable bonds is 8. The third kappa shape index (κ3) is 6.85. The first-order valence-corrected chi connectivity index (χ1v) is 9.07. The van der Waals surface area contributed by atoms with E-state index >= 15 is 0 Å². The van der Waals surface area contributed by atoms with Gasteiger partial charge in [-0.1, -0.05) is 42.5 Å². The van der Waals surface area contributed by atoms with Gasteiger partial charge in [0.2, 0.25) is 5.91 Å². The van der Waals surface area contributed by atoms with E-state index in [-0.39, 0.29) is 25.2 Å². The number of thiocarbonyl (C=S) groups is 1. The van der Waals surface area contributed by atoms with Crippen LogP contribution in [0.5, 0.6) is 0 Å². The van der Waals surface area contributed by atoms with Gasteiger partial charge in [-0.05, 0) is 25.3 Å². The second-order valence-corrected chi connectivity index (χ2v) is 8.14. The summed E-state index contributed by atoms with van der Waals surface area (Å²) in [6.07, 6.45) is 0.320. The van der Waals surface area contributed by atoms with E-state index in [4.69, 9.17) is 17.3 Å². The summed E-state index contributed by atoms with van der Waals surface area (Å²) < 4.78 is 0.583. The maximum absolute atomic E-state index is 12.6. The van der Waals surface area contributed by atoms with Crippen LogP contribution >= 0.6 is 24.0 Å². The van der Waals surface area contributed by atoms with E-state index < -0.39 is 16.6 Å². The van der Waals surface area contributed by atoms with Crippen molar-refractivity contribution in [1.82, 2.24) is 4.90 Å². The molecule has 0 bridgehead atoms. The van der Waals surface area contributed by atoms with Crippen LogP contribution < -0.4 is 0 Å². The highest BCUT2D eigenvalue weighted by atomic mass is 32.2. The molecule has 1 aromatic rings. The lowest BCUT2D eigenvalue weighted by Crippen LogP contribution is -2.36. The molecule has 5 nitrogen and oxygen atoms in total. The molecule has 2 atom stereocenters. The van der Waals surface area contributed by atoms with E-state index in [1.54, 1.807) is 21.0 Å². The van der Waals surface area contributed by atoms with Crippen LogP contribution in [-0.2, 0) is 9.59 Å². The minimum absolute atomic E-state index is 0.110. The smallest absolute Gasteiger partial charge is 0.303 e. The van der Waals surface area contributed by atoms with E-state index in [1.165, 1.54) is 16.7 Å². The lowest BCUT2D eigenvalue weighted by molar-refractivity contribution is -0.137. The van der Waals surface area contributed by atoms with Crippen molar-refractivity contribution < 1.29 is 14.7 Å². The highest BCUT2D eigenvalue weighted by Crippen LogP contribution is 2.35. The first kappa shape index (κ1) is 21.1. The number of nitriles is 1. The highest BCUT2D eigenvalue weighted by molar-refractivity contribution is 8.24. The van der Waals surface area contributed by atoms with Crippen molar-refractivity contribution in [2.75, 3.05) is 14.1 Å². The van der Waals surface area contributed by atoms with Crippen molar-refractivity contribution in [3.05, 3.63) is 35.9 Å². The van der Waals surface area contributed by atoms with Crippen molar-refractivity contribution in [3.63, 3.8) is 0 Å². The van der Waals surface area contributed by atoms with Gasteiger partial charge in [-0.15, -0.1) is 11.8 Å². The highest BCUT2D eigenvalue weighted by Gasteiger charge is 2.34. The van der Waals surface area contributed by atoms with Crippen LogP contribution in [0.25, 0.3) is 0 Å². The Hall–Kier alpha value is -1.91. The Kier molecular flexibility index (Phi) is 8.07. The second-order valence-electron chi connectivity index (χ2n) is 6.26. The predicted molar refractivity (Wildman–Crippen MR) is 103 cm³/mol. The van der Waals surface area contributed by atoms with Gasteiger partial charge in [0.25, 0.3) is 0 Å². The Morgan fingerprint density at radius 2 is 1.96 bits per heavy atom. The average molecular weight is 379 g/mol. The average Bonchev–Trinajstić information content (AvgIpc) is 2.59. The standard InChI is InChI=1S/C18H22N2O3S2/c1-18(12-19,10-9-15(21)22)11-14(16(23)20(2)3)25-17(24)13-7-5-4-6-8-13/h4-8,14H,9-11H2,1-3H3,(H,21,22). The summed E-state index contributed by atoms with van der Waals surface area (Å²) in [5.41, 5.74) is -0.0585. The molecule has 1 amide bonds. The van der Waals surface area contributed by atoms with Crippen molar-refractivity contribution in [1.29, 1.82) is 5.26 Å². The zero-order valence-electron chi connectivity index (χ0n) is 14.6. The summed E-state index contributed by atoms with van der Waals surface area (Å²) in [4.78, 5) is 24.9. The Morgan fingerprint density at radius 1 is 1.36 bits per heavy atom. The number of carboxylic acid groups (broad SMARTS) is 1. The Bertz CT molecular complexity index is 671. The summed E-state index contributed by atoms with van der Waals surface area (Å²) in [6, 6.07) is 11.6. The van der Waals surface area contributed by atoms with Gasteiger partial charge in [0, 0.05) is 20.5 Å². The molecule has 0 heterocycles. The zero-order chi connectivity index (χ0) is 19.0. The maximum Gasteiger partial charge on any atom is 0.303 e. The fourth-order valence-corrected chi connectivity index (χ4v) is 4.01. The van der Waals surface area contributed by atoms with Crippen molar-refractivity contribution in [2.24, 2.45) is 5.41 Å². The van der Waals surface area contributed by atoms with Crippen LogP contribution in [0.2, 0.25) is 0 Å². The number of hydrogen-bond donors (Lipinski definition) is 1. The molecule has 0 aliphatic rings. The van der Waals surface area contributed by atoms with Crippen LogP contribution in [0.15, 0.2) is 30.3 Å². The van der Waals surface area contributed by atoms with E-state index in [1.807, 2.05) is 30.3 Å². The number of carbonyl (C=O) groups is 2. The van der Waals surface area contributed by atoms with Gasteiger partial charge in [0.1, 0.15) is 0 Å². The minimum Gasteiger partial charge on any atom is -0.481 e. The Balaban J connectivity index is 2.96. The summed E-state index contributed by atoms with van der Waals surface area (Å²) in [7, 11) is 3.31. The summed E-state index contributed by atoms with van der Waals surface area (Å²) in [6.45, 7) is 1.69. The fraction of sp³-hybridized carbons (Fsp3) is 0.444. The van der Waals surface area contributed by atoms with Crippen LogP contribution in [0, 0.1) is 16.7 Å². The molecule has 0 aromatic heterocycles. The third-order valence-electron chi connectivity index (χ3n) is 3.77. The zero-order valence-corrected chi connectivity index (χ0v) is 16.2. The van der Waals surface area contributed by atoms with Gasteiger partial charge in [-0.2, -0.15) is 5.26 Å². The number of thioether (sulfide) groups is 1. The number of hydrogen-bond acceptors (Lipinski definition) is 5. The molecule has 0 fully saturated rings. The van der Waals surface area contributed by atoms with Crippen molar-refractivity contribution >= 4 is 40.1 Å². The molecule has 0 radical (unpaired) electrons. The maximum atomic E-state index is 12.6. The van der Waals surface area contributed by atoms with E-state index in [0.29, 0.717) is 4.20 Å². The number of nitrogens with zero attached hydrogens (tertiary/aromatic N) is 2. The molecular weight excluding hydrogens is 356 g/mol. The lowest BCUT2D eigenvalue weighted by atomic mass is 9.82. The molecule has 0 aliphatic carbocycles. The number of benzene rings is 1. The monoisotopic (exact) mass is 378 g/mol. The van der Waals surface area contributed by atoms with E-state index in [9.17, 15) is 14.9 Å². The van der Waals surface area contributed by atoms with E-state index in [0.717, 1.165) is 5.56 Å². The molecule has 25 heavy (non-hydrogen) atoms. The number of carboxylic acids is 1. The topological polar surface area (TPSA) is 81.4 Å². The largest absolute Gasteiger partial charge is 0.481 e. The number of amides is 1. The van der Waals surface area contributed by atoms with Crippen LogP contribution in [-0.4, -0.2) is 45.4 Å². The summed E-state index contributed by atoms with van der Waals surface area (Å²) in [5, 5.41) is 17.9. The SMILES string of the molecule is CN(C)C(=O)C(CC(C)(C#N)CCC(=O)O)SC(=S)c1ccccc1. The first-order chi connectivity index (χ1) is 11.7. The molecule has 2 unspecified atom stereocenters. The minimum atomic E-state index is -0.954. The van der Waals surface area contributed by atoms with E-state index in [2.05, 4.69) is 6.07 Å². The molecular formula is C18H22N2O3S2. The molecule has 134 valence electrons. The molecule has 1 aromatic carbocycles.